The molecule has 73 heavy (non-hydrogen) atoms. The van der Waals surface area contributed by atoms with Gasteiger partial charge >= 0.3 is 17.9 Å². The number of carbonyl (C=O) groups is 3. The first kappa shape index (κ1) is 69.8. The van der Waals surface area contributed by atoms with Crippen molar-refractivity contribution in [1.82, 2.24) is 0 Å². The lowest BCUT2D eigenvalue weighted by Crippen LogP contribution is -2.30. The van der Waals surface area contributed by atoms with Crippen molar-refractivity contribution in [2.45, 2.75) is 322 Å². The Morgan fingerprint density at radius 1 is 0.288 bits per heavy atom. The summed E-state index contributed by atoms with van der Waals surface area (Å²) in [5, 5.41) is 0. The second-order valence-electron chi connectivity index (χ2n) is 20.9. The molecule has 0 spiro atoms. The van der Waals surface area contributed by atoms with Crippen LogP contribution in [-0.2, 0) is 28.6 Å². The van der Waals surface area contributed by atoms with E-state index in [2.05, 4.69) is 93.7 Å². The van der Waals surface area contributed by atoms with Crippen LogP contribution in [0.15, 0.2) is 72.9 Å². The van der Waals surface area contributed by atoms with Gasteiger partial charge in [0.1, 0.15) is 13.2 Å². The summed E-state index contributed by atoms with van der Waals surface area (Å²) < 4.78 is 16.9. The topological polar surface area (TPSA) is 78.9 Å². The summed E-state index contributed by atoms with van der Waals surface area (Å²) in [5.41, 5.74) is 0. The molecule has 0 aromatic carbocycles. The molecule has 0 bridgehead atoms. The van der Waals surface area contributed by atoms with Crippen LogP contribution in [0.5, 0.6) is 0 Å². The van der Waals surface area contributed by atoms with E-state index in [9.17, 15) is 14.4 Å². The number of carbonyl (C=O) groups excluding carboxylic acids is 3. The van der Waals surface area contributed by atoms with Gasteiger partial charge in [-0.25, -0.2) is 0 Å². The highest BCUT2D eigenvalue weighted by Gasteiger charge is 2.19. The monoisotopic (exact) mass is 1020 g/mol. The zero-order valence-electron chi connectivity index (χ0n) is 48.4. The van der Waals surface area contributed by atoms with Crippen molar-refractivity contribution in [3.8, 4) is 0 Å². The van der Waals surface area contributed by atoms with Crippen LogP contribution in [0, 0.1) is 0 Å². The Morgan fingerprint density at radius 3 is 0.849 bits per heavy atom. The van der Waals surface area contributed by atoms with Gasteiger partial charge in [0.15, 0.2) is 6.10 Å². The minimum Gasteiger partial charge on any atom is -0.462 e. The molecule has 0 saturated carbocycles. The summed E-state index contributed by atoms with van der Waals surface area (Å²) in [5.74, 6) is -0.873. The molecule has 0 fully saturated rings. The molecule has 6 heteroatoms. The van der Waals surface area contributed by atoms with Crippen LogP contribution in [0.3, 0.4) is 0 Å². The molecule has 0 radical (unpaired) electrons. The molecule has 0 rings (SSSR count). The normalized spacial score (nSPS) is 12.5. The van der Waals surface area contributed by atoms with Gasteiger partial charge in [0.25, 0.3) is 0 Å². The predicted octanol–water partition coefficient (Wildman–Crippen LogP) is 21.3. The Kier molecular flexibility index (Phi) is 58.7. The average molecular weight is 1020 g/mol. The van der Waals surface area contributed by atoms with Crippen LogP contribution in [0.2, 0.25) is 0 Å². The van der Waals surface area contributed by atoms with Crippen molar-refractivity contribution in [3.63, 3.8) is 0 Å². The van der Waals surface area contributed by atoms with Gasteiger partial charge in [-0.05, 0) is 89.9 Å². The van der Waals surface area contributed by atoms with Crippen LogP contribution in [0.4, 0.5) is 0 Å². The molecule has 0 aromatic rings. The molecule has 0 saturated heterocycles. The molecule has 0 aromatic heterocycles. The number of hydrogen-bond donors (Lipinski definition) is 0. The molecule has 1 atom stereocenters. The summed E-state index contributed by atoms with van der Waals surface area (Å²) in [6, 6.07) is 0. The lowest BCUT2D eigenvalue weighted by atomic mass is 10.0. The molecule has 1 unspecified atom stereocenters. The van der Waals surface area contributed by atoms with E-state index in [0.717, 1.165) is 96.3 Å². The van der Waals surface area contributed by atoms with E-state index in [-0.39, 0.29) is 31.1 Å². The zero-order chi connectivity index (χ0) is 52.9. The van der Waals surface area contributed by atoms with Crippen molar-refractivity contribution in [2.75, 3.05) is 13.2 Å². The fraction of sp³-hybridized carbons (Fsp3) is 0.776. The summed E-state index contributed by atoms with van der Waals surface area (Å²) in [6.07, 6.45) is 79.0. The number of ether oxygens (including phenoxy) is 3. The molecule has 0 N–H and O–H groups in total. The standard InChI is InChI=1S/C67H118O6/c1-4-7-10-13-16-19-22-25-27-28-29-30-31-32-33-34-35-36-37-38-40-42-45-48-51-54-57-60-66(69)72-63-64(62-71-65(68)59-56-53-50-47-44-41-24-21-18-15-12-9-6-3)73-67(70)61-58-55-52-49-46-43-39-26-23-20-17-14-11-8-5-2/h7,10,16,19,25-27,29-30,32-33,39,64H,4-6,8-9,11-15,17-18,20-24,28,31,34-38,40-63H2,1-3H3/b10-7-,19-16-,27-25-,30-29-,33-32-,39-26-. The maximum absolute atomic E-state index is 12.9. The molecular formula is C67H118O6. The highest BCUT2D eigenvalue weighted by Crippen LogP contribution is 2.16. The van der Waals surface area contributed by atoms with E-state index in [1.54, 1.807) is 0 Å². The van der Waals surface area contributed by atoms with Gasteiger partial charge in [0.05, 0.1) is 0 Å². The van der Waals surface area contributed by atoms with Crippen LogP contribution >= 0.6 is 0 Å². The number of esters is 3. The quantitative estimate of drug-likeness (QED) is 0.0261. The Hall–Kier alpha value is -3.15. The molecule has 0 aliphatic rings. The SMILES string of the molecule is CC/C=C\C/C=C\C/C=C\C/C=C\C/C=C\CCCCCCCCCCCCCC(=O)OCC(COC(=O)CCCCCCCCCCCCCCC)OC(=O)CCCCCCC/C=C\CCCCCCCC. The average Bonchev–Trinajstić information content (AvgIpc) is 3.39. The van der Waals surface area contributed by atoms with Gasteiger partial charge in [0, 0.05) is 19.3 Å². The number of allylic oxidation sites excluding steroid dienone is 12. The predicted molar refractivity (Wildman–Crippen MR) is 316 cm³/mol. The van der Waals surface area contributed by atoms with E-state index in [0.29, 0.717) is 19.3 Å². The molecule has 0 aliphatic heterocycles. The lowest BCUT2D eigenvalue weighted by molar-refractivity contribution is -0.167. The van der Waals surface area contributed by atoms with Crippen LogP contribution in [-0.4, -0.2) is 37.2 Å². The first-order chi connectivity index (χ1) is 36.0. The lowest BCUT2D eigenvalue weighted by Gasteiger charge is -2.18. The molecular weight excluding hydrogens is 901 g/mol. The summed E-state index contributed by atoms with van der Waals surface area (Å²) >= 11 is 0. The minimum absolute atomic E-state index is 0.0756. The Bertz CT molecular complexity index is 1360. The molecule has 0 aliphatic carbocycles. The summed E-state index contributed by atoms with van der Waals surface area (Å²) in [4.78, 5) is 38.2. The van der Waals surface area contributed by atoms with E-state index in [1.807, 2.05) is 0 Å². The van der Waals surface area contributed by atoms with Crippen LogP contribution in [0.25, 0.3) is 0 Å². The van der Waals surface area contributed by atoms with Crippen LogP contribution < -0.4 is 0 Å². The van der Waals surface area contributed by atoms with Gasteiger partial charge in [-0.3, -0.25) is 14.4 Å². The van der Waals surface area contributed by atoms with Crippen molar-refractivity contribution < 1.29 is 28.6 Å². The van der Waals surface area contributed by atoms with Crippen molar-refractivity contribution >= 4 is 17.9 Å². The van der Waals surface area contributed by atoms with E-state index >= 15 is 0 Å². The highest BCUT2D eigenvalue weighted by atomic mass is 16.6. The van der Waals surface area contributed by atoms with Crippen LogP contribution in [0.1, 0.15) is 316 Å². The van der Waals surface area contributed by atoms with Gasteiger partial charge in [-0.1, -0.05) is 280 Å². The Morgan fingerprint density at radius 2 is 0.534 bits per heavy atom. The van der Waals surface area contributed by atoms with Crippen molar-refractivity contribution in [1.29, 1.82) is 0 Å². The Balaban J connectivity index is 4.26. The fourth-order valence-electron chi connectivity index (χ4n) is 9.00. The fourth-order valence-corrected chi connectivity index (χ4v) is 9.00. The van der Waals surface area contributed by atoms with Gasteiger partial charge in [-0.15, -0.1) is 0 Å². The van der Waals surface area contributed by atoms with Gasteiger partial charge in [-0.2, -0.15) is 0 Å². The third-order valence-electron chi connectivity index (χ3n) is 13.7. The van der Waals surface area contributed by atoms with E-state index in [4.69, 9.17) is 14.2 Å². The maximum Gasteiger partial charge on any atom is 0.306 e. The minimum atomic E-state index is -0.779. The molecule has 0 amide bonds. The number of hydrogen-bond acceptors (Lipinski definition) is 6. The zero-order valence-corrected chi connectivity index (χ0v) is 48.4. The third-order valence-corrected chi connectivity index (χ3v) is 13.7. The summed E-state index contributed by atoms with van der Waals surface area (Å²) in [6.45, 7) is 6.54. The molecule has 0 heterocycles. The third kappa shape index (κ3) is 59.6. The second kappa shape index (κ2) is 61.4. The Labute approximate surface area is 453 Å². The van der Waals surface area contributed by atoms with Gasteiger partial charge < -0.3 is 14.2 Å². The number of rotatable bonds is 57. The van der Waals surface area contributed by atoms with E-state index in [1.165, 1.54) is 180 Å². The molecule has 422 valence electrons. The smallest absolute Gasteiger partial charge is 0.306 e. The first-order valence-corrected chi connectivity index (χ1v) is 31.4. The summed E-state index contributed by atoms with van der Waals surface area (Å²) in [7, 11) is 0. The first-order valence-electron chi connectivity index (χ1n) is 31.4. The highest BCUT2D eigenvalue weighted by molar-refractivity contribution is 5.71. The van der Waals surface area contributed by atoms with Crippen molar-refractivity contribution in [3.05, 3.63) is 72.9 Å². The van der Waals surface area contributed by atoms with E-state index < -0.39 is 6.10 Å². The maximum atomic E-state index is 12.9. The van der Waals surface area contributed by atoms with Crippen molar-refractivity contribution in [2.24, 2.45) is 0 Å². The largest absolute Gasteiger partial charge is 0.462 e. The molecule has 6 nitrogen and oxygen atoms in total. The second-order valence-corrected chi connectivity index (χ2v) is 20.9. The van der Waals surface area contributed by atoms with Gasteiger partial charge in [0.2, 0.25) is 0 Å². The number of unbranched alkanes of at least 4 members (excludes halogenated alkanes) is 34.